The fraction of sp³-hybridized carbons (Fsp3) is 0.632. The maximum atomic E-state index is 12.1. The molecule has 1 aromatic rings. The van der Waals surface area contributed by atoms with E-state index >= 15 is 0 Å². The van der Waals surface area contributed by atoms with Gasteiger partial charge in [0.25, 0.3) is 0 Å². The summed E-state index contributed by atoms with van der Waals surface area (Å²) in [4.78, 5) is 12.1. The van der Waals surface area contributed by atoms with Crippen LogP contribution in [0.5, 0.6) is 0 Å². The van der Waals surface area contributed by atoms with Crippen LogP contribution < -0.4 is 0 Å². The summed E-state index contributed by atoms with van der Waals surface area (Å²) in [6.07, 6.45) is 9.18. The molecule has 4 aliphatic rings. The Bertz CT molecular complexity index is 529. The first-order chi connectivity index (χ1) is 10.2. The van der Waals surface area contributed by atoms with E-state index in [2.05, 4.69) is 24.3 Å². The Balaban J connectivity index is 1.55. The van der Waals surface area contributed by atoms with E-state index < -0.39 is 0 Å². The Kier molecular flexibility index (Phi) is 2.92. The second-order valence-electron chi connectivity index (χ2n) is 7.45. The molecule has 112 valence electrons. The number of carbonyl (C=O) groups excluding carboxylic acids is 1. The van der Waals surface area contributed by atoms with E-state index in [1.807, 2.05) is 0 Å². The van der Waals surface area contributed by atoms with Crippen molar-refractivity contribution in [3.8, 4) is 0 Å². The van der Waals surface area contributed by atoms with Gasteiger partial charge >= 0.3 is 5.97 Å². The summed E-state index contributed by atoms with van der Waals surface area (Å²) >= 11 is 0. The largest absolute Gasteiger partial charge is 0.469 e. The summed E-state index contributed by atoms with van der Waals surface area (Å²) in [6, 6.07) is 9.42. The number of fused-ring (bicyclic) bond motifs is 3. The molecule has 4 aliphatic carbocycles. The molecular formula is C19H24O2. The molecule has 21 heavy (non-hydrogen) atoms. The zero-order valence-corrected chi connectivity index (χ0v) is 12.9. The van der Waals surface area contributed by atoms with Crippen LogP contribution in [0.1, 0.15) is 68.4 Å². The molecule has 5 rings (SSSR count). The van der Waals surface area contributed by atoms with Gasteiger partial charge in [-0.25, -0.2) is 0 Å². The highest BCUT2D eigenvalue weighted by Crippen LogP contribution is 2.58. The standard InChI is InChI=1S/C19H24O2/c1-21-17(20)19-11-8-18(9-12-19,10-13-19)16-6-4-15(5-7-16)14-2-3-14/h4-7,14H,2-3,8-13H2,1H3. The fourth-order valence-electron chi connectivity index (χ4n) is 4.67. The quantitative estimate of drug-likeness (QED) is 0.772. The molecule has 4 fully saturated rings. The summed E-state index contributed by atoms with van der Waals surface area (Å²) in [6.45, 7) is 0. The number of benzene rings is 1. The molecule has 0 aromatic heterocycles. The van der Waals surface area contributed by atoms with Gasteiger partial charge in [0.15, 0.2) is 0 Å². The molecule has 0 aliphatic heterocycles. The predicted molar refractivity (Wildman–Crippen MR) is 82.2 cm³/mol. The Morgan fingerprint density at radius 1 is 1.00 bits per heavy atom. The summed E-state index contributed by atoms with van der Waals surface area (Å²) in [5.74, 6) is 0.862. The molecule has 0 heterocycles. The lowest BCUT2D eigenvalue weighted by molar-refractivity contribution is -0.160. The minimum atomic E-state index is -0.162. The summed E-state index contributed by atoms with van der Waals surface area (Å²) in [5, 5.41) is 0. The molecule has 0 unspecified atom stereocenters. The second-order valence-corrected chi connectivity index (χ2v) is 7.45. The van der Waals surface area contributed by atoms with Crippen LogP contribution in [0.3, 0.4) is 0 Å². The maximum absolute atomic E-state index is 12.1. The van der Waals surface area contributed by atoms with Crippen LogP contribution in [0.2, 0.25) is 0 Å². The lowest BCUT2D eigenvalue weighted by Crippen LogP contribution is -2.48. The Morgan fingerprint density at radius 2 is 1.57 bits per heavy atom. The Labute approximate surface area is 126 Å². The van der Waals surface area contributed by atoms with Gasteiger partial charge in [0.1, 0.15) is 0 Å². The molecule has 2 heteroatoms. The van der Waals surface area contributed by atoms with Gasteiger partial charge in [0, 0.05) is 0 Å². The highest BCUT2D eigenvalue weighted by molar-refractivity contribution is 5.77. The van der Waals surface area contributed by atoms with E-state index in [1.165, 1.54) is 31.1 Å². The zero-order chi connectivity index (χ0) is 14.5. The van der Waals surface area contributed by atoms with E-state index in [0.717, 1.165) is 44.4 Å². The van der Waals surface area contributed by atoms with Gasteiger partial charge in [0.2, 0.25) is 0 Å². The number of rotatable bonds is 3. The molecular weight excluding hydrogens is 260 g/mol. The van der Waals surface area contributed by atoms with Crippen LogP contribution in [0.25, 0.3) is 0 Å². The molecule has 0 spiro atoms. The number of esters is 1. The third-order valence-electron chi connectivity index (χ3n) is 6.44. The molecule has 0 atom stereocenters. The molecule has 0 N–H and O–H groups in total. The lowest BCUT2D eigenvalue weighted by atomic mass is 9.52. The predicted octanol–water partition coefficient (Wildman–Crippen LogP) is 4.33. The average Bonchev–Trinajstić information content (AvgIpc) is 3.41. The van der Waals surface area contributed by atoms with Crippen molar-refractivity contribution in [2.75, 3.05) is 7.11 Å². The van der Waals surface area contributed by atoms with Crippen molar-refractivity contribution in [1.82, 2.24) is 0 Å². The first kappa shape index (κ1) is 13.4. The van der Waals surface area contributed by atoms with Crippen LogP contribution in [0.15, 0.2) is 24.3 Å². The zero-order valence-electron chi connectivity index (χ0n) is 12.9. The number of hydrogen-bond donors (Lipinski definition) is 0. The van der Waals surface area contributed by atoms with Crippen molar-refractivity contribution in [3.05, 3.63) is 35.4 Å². The van der Waals surface area contributed by atoms with Crippen molar-refractivity contribution in [1.29, 1.82) is 0 Å². The van der Waals surface area contributed by atoms with Crippen molar-refractivity contribution in [2.24, 2.45) is 5.41 Å². The van der Waals surface area contributed by atoms with Crippen LogP contribution in [-0.4, -0.2) is 13.1 Å². The number of carbonyl (C=O) groups is 1. The molecule has 2 bridgehead atoms. The van der Waals surface area contributed by atoms with Gasteiger partial charge in [-0.15, -0.1) is 0 Å². The van der Waals surface area contributed by atoms with Crippen molar-refractivity contribution in [2.45, 2.75) is 62.7 Å². The highest BCUT2D eigenvalue weighted by atomic mass is 16.5. The molecule has 2 nitrogen and oxygen atoms in total. The van der Waals surface area contributed by atoms with Crippen molar-refractivity contribution < 1.29 is 9.53 Å². The summed E-state index contributed by atoms with van der Waals surface area (Å²) < 4.78 is 5.06. The molecule has 0 radical (unpaired) electrons. The summed E-state index contributed by atoms with van der Waals surface area (Å²) in [7, 11) is 1.53. The Morgan fingerprint density at radius 3 is 2.05 bits per heavy atom. The first-order valence-corrected chi connectivity index (χ1v) is 8.36. The Hall–Kier alpha value is -1.31. The molecule has 4 saturated carbocycles. The van der Waals surface area contributed by atoms with Gasteiger partial charge in [-0.05, 0) is 73.8 Å². The highest BCUT2D eigenvalue weighted by Gasteiger charge is 2.53. The number of hydrogen-bond acceptors (Lipinski definition) is 2. The normalized spacial score (nSPS) is 34.7. The second kappa shape index (κ2) is 4.59. The van der Waals surface area contributed by atoms with E-state index in [9.17, 15) is 4.79 Å². The molecule has 1 aromatic carbocycles. The fourth-order valence-corrected chi connectivity index (χ4v) is 4.67. The third kappa shape index (κ3) is 2.03. The van der Waals surface area contributed by atoms with Gasteiger partial charge < -0.3 is 4.74 Å². The minimum absolute atomic E-state index is 0.0277. The van der Waals surface area contributed by atoms with E-state index in [4.69, 9.17) is 4.74 Å². The van der Waals surface area contributed by atoms with E-state index in [0.29, 0.717) is 5.41 Å². The van der Waals surface area contributed by atoms with Gasteiger partial charge in [0.05, 0.1) is 12.5 Å². The number of ether oxygens (including phenoxy) is 1. The minimum Gasteiger partial charge on any atom is -0.469 e. The average molecular weight is 284 g/mol. The van der Waals surface area contributed by atoms with Crippen LogP contribution in [0, 0.1) is 5.41 Å². The van der Waals surface area contributed by atoms with Crippen molar-refractivity contribution in [3.63, 3.8) is 0 Å². The summed E-state index contributed by atoms with van der Waals surface area (Å²) in [5.41, 5.74) is 3.19. The number of methoxy groups -OCH3 is 1. The molecule has 0 saturated heterocycles. The maximum Gasteiger partial charge on any atom is 0.311 e. The SMILES string of the molecule is COC(=O)C12CCC(c3ccc(C4CC4)cc3)(CC1)CC2. The van der Waals surface area contributed by atoms with E-state index in [-0.39, 0.29) is 11.4 Å². The van der Waals surface area contributed by atoms with Gasteiger partial charge in [-0.2, -0.15) is 0 Å². The van der Waals surface area contributed by atoms with Crippen molar-refractivity contribution >= 4 is 5.97 Å². The van der Waals surface area contributed by atoms with Gasteiger partial charge in [-0.3, -0.25) is 4.79 Å². The first-order valence-electron chi connectivity index (χ1n) is 8.36. The lowest BCUT2D eigenvalue weighted by Gasteiger charge is -2.52. The monoisotopic (exact) mass is 284 g/mol. The molecule has 0 amide bonds. The third-order valence-corrected chi connectivity index (χ3v) is 6.44. The van der Waals surface area contributed by atoms with Crippen LogP contribution in [0.4, 0.5) is 0 Å². The smallest absolute Gasteiger partial charge is 0.311 e. The van der Waals surface area contributed by atoms with Gasteiger partial charge in [-0.1, -0.05) is 24.3 Å². The van der Waals surface area contributed by atoms with Crippen LogP contribution in [-0.2, 0) is 14.9 Å². The van der Waals surface area contributed by atoms with E-state index in [1.54, 1.807) is 0 Å². The topological polar surface area (TPSA) is 26.3 Å². The van der Waals surface area contributed by atoms with Crippen LogP contribution >= 0.6 is 0 Å².